The maximum absolute atomic E-state index is 14.1. The molecule has 0 radical (unpaired) electrons. The molecule has 0 aromatic heterocycles. The smallest absolute Gasteiger partial charge is 0.321 e. The molecule has 122 valence electrons. The molecular formula is C18H19F2NO2. The van der Waals surface area contributed by atoms with Gasteiger partial charge in [-0.2, -0.15) is 8.78 Å². The Morgan fingerprint density at radius 1 is 1.35 bits per heavy atom. The lowest BCUT2D eigenvalue weighted by atomic mass is 9.82. The van der Waals surface area contributed by atoms with E-state index in [1.807, 2.05) is 0 Å². The molecule has 1 amide bonds. The van der Waals surface area contributed by atoms with Crippen LogP contribution in [-0.4, -0.2) is 17.6 Å². The molecule has 1 aromatic carbocycles. The molecule has 1 atom stereocenters. The molecule has 0 aliphatic heterocycles. The van der Waals surface area contributed by atoms with E-state index in [1.54, 1.807) is 31.2 Å². The fraction of sp³-hybridized carbons (Fsp3) is 0.333. The number of benzene rings is 1. The Kier molecular flexibility index (Phi) is 5.08. The number of hydrogen-bond acceptors (Lipinski definition) is 2. The molecule has 1 aromatic rings. The van der Waals surface area contributed by atoms with Crippen LogP contribution in [0.4, 0.5) is 14.5 Å². The maximum Gasteiger partial charge on any atom is 0.328 e. The van der Waals surface area contributed by atoms with Crippen molar-refractivity contribution in [3.63, 3.8) is 0 Å². The van der Waals surface area contributed by atoms with Crippen LogP contribution in [0.3, 0.4) is 0 Å². The molecular weight excluding hydrogens is 300 g/mol. The van der Waals surface area contributed by atoms with Gasteiger partial charge in [-0.1, -0.05) is 36.4 Å². The number of anilines is 1. The summed E-state index contributed by atoms with van der Waals surface area (Å²) in [6.07, 6.45) is 1.67. The zero-order valence-corrected chi connectivity index (χ0v) is 12.9. The first-order valence-corrected chi connectivity index (χ1v) is 7.41. The highest BCUT2D eigenvalue weighted by molar-refractivity contribution is 5.97. The van der Waals surface area contributed by atoms with E-state index in [2.05, 4.69) is 11.9 Å². The highest BCUT2D eigenvalue weighted by Gasteiger charge is 2.40. The van der Waals surface area contributed by atoms with Crippen molar-refractivity contribution in [2.45, 2.75) is 32.1 Å². The topological polar surface area (TPSA) is 46.2 Å². The SMILES string of the molecule is C=C(CC(F)(F)C(=O)Nc1ccccc1)C1CC=C(C)C(=O)C1. The molecule has 1 aliphatic carbocycles. The zero-order valence-electron chi connectivity index (χ0n) is 12.9. The molecule has 1 aliphatic rings. The molecule has 23 heavy (non-hydrogen) atoms. The van der Waals surface area contributed by atoms with Crippen LogP contribution in [0.15, 0.2) is 54.1 Å². The number of carbonyl (C=O) groups is 2. The maximum atomic E-state index is 14.1. The number of Topliss-reactive ketones (excluding diaryl/α,β-unsaturated/α-hetero) is 1. The lowest BCUT2D eigenvalue weighted by Crippen LogP contribution is -2.36. The van der Waals surface area contributed by atoms with Crippen LogP contribution in [0, 0.1) is 5.92 Å². The highest BCUT2D eigenvalue weighted by atomic mass is 19.3. The van der Waals surface area contributed by atoms with Crippen molar-refractivity contribution in [2.24, 2.45) is 5.92 Å². The second kappa shape index (κ2) is 6.86. The minimum Gasteiger partial charge on any atom is -0.321 e. The summed E-state index contributed by atoms with van der Waals surface area (Å²) in [7, 11) is 0. The summed E-state index contributed by atoms with van der Waals surface area (Å²) < 4.78 is 28.2. The van der Waals surface area contributed by atoms with Gasteiger partial charge in [-0.25, -0.2) is 0 Å². The molecule has 1 N–H and O–H groups in total. The van der Waals surface area contributed by atoms with Gasteiger partial charge in [0.15, 0.2) is 5.78 Å². The van der Waals surface area contributed by atoms with Gasteiger partial charge < -0.3 is 5.32 Å². The molecule has 0 heterocycles. The molecule has 0 spiro atoms. The fourth-order valence-corrected chi connectivity index (χ4v) is 2.47. The van der Waals surface area contributed by atoms with Crippen LogP contribution in [-0.2, 0) is 9.59 Å². The zero-order chi connectivity index (χ0) is 17.0. The second-order valence-electron chi connectivity index (χ2n) is 5.81. The Morgan fingerprint density at radius 2 is 2.00 bits per heavy atom. The first kappa shape index (κ1) is 17.1. The van der Waals surface area contributed by atoms with Crippen LogP contribution < -0.4 is 5.32 Å². The number of amides is 1. The van der Waals surface area contributed by atoms with Gasteiger partial charge in [0.05, 0.1) is 0 Å². The van der Waals surface area contributed by atoms with Gasteiger partial charge in [-0.15, -0.1) is 0 Å². The summed E-state index contributed by atoms with van der Waals surface area (Å²) in [5, 5.41) is 2.20. The van der Waals surface area contributed by atoms with Crippen LogP contribution in [0.2, 0.25) is 0 Å². The number of nitrogens with one attached hydrogen (secondary N) is 1. The van der Waals surface area contributed by atoms with Crippen molar-refractivity contribution in [1.82, 2.24) is 0 Å². The summed E-state index contributed by atoms with van der Waals surface area (Å²) in [5.41, 5.74) is 1.20. The predicted molar refractivity (Wildman–Crippen MR) is 85.3 cm³/mol. The van der Waals surface area contributed by atoms with E-state index in [4.69, 9.17) is 0 Å². The van der Waals surface area contributed by atoms with Crippen LogP contribution in [0.5, 0.6) is 0 Å². The van der Waals surface area contributed by atoms with Crippen molar-refractivity contribution < 1.29 is 18.4 Å². The minimum atomic E-state index is -3.56. The van der Waals surface area contributed by atoms with E-state index >= 15 is 0 Å². The average Bonchev–Trinajstić information content (AvgIpc) is 2.50. The van der Waals surface area contributed by atoms with Crippen molar-refractivity contribution in [2.75, 3.05) is 5.32 Å². The Bertz CT molecular complexity index is 650. The molecule has 5 heteroatoms. The monoisotopic (exact) mass is 319 g/mol. The van der Waals surface area contributed by atoms with Gasteiger partial charge in [0.1, 0.15) is 0 Å². The Balaban J connectivity index is 1.98. The van der Waals surface area contributed by atoms with Gasteiger partial charge in [-0.05, 0) is 37.0 Å². The molecule has 0 bridgehead atoms. The average molecular weight is 319 g/mol. The van der Waals surface area contributed by atoms with Gasteiger partial charge in [-0.3, -0.25) is 9.59 Å². The van der Waals surface area contributed by atoms with Gasteiger partial charge in [0, 0.05) is 18.5 Å². The predicted octanol–water partition coefficient (Wildman–Crippen LogP) is 4.13. The molecule has 0 fully saturated rings. The summed E-state index contributed by atoms with van der Waals surface area (Å²) in [6, 6.07) is 8.10. The lowest BCUT2D eigenvalue weighted by molar-refractivity contribution is -0.139. The first-order chi connectivity index (χ1) is 10.8. The summed E-state index contributed by atoms with van der Waals surface area (Å²) >= 11 is 0. The quantitative estimate of drug-likeness (QED) is 0.829. The summed E-state index contributed by atoms with van der Waals surface area (Å²) in [5.74, 6) is -5.31. The van der Waals surface area contributed by atoms with Gasteiger partial charge in [0.2, 0.25) is 0 Å². The third-order valence-electron chi connectivity index (χ3n) is 3.97. The minimum absolute atomic E-state index is 0.0561. The molecule has 0 saturated heterocycles. The van der Waals surface area contributed by atoms with Crippen LogP contribution in [0.1, 0.15) is 26.2 Å². The number of para-hydroxylation sites is 1. The number of hydrogen-bond donors (Lipinski definition) is 1. The van der Waals surface area contributed by atoms with Crippen LogP contribution >= 0.6 is 0 Å². The van der Waals surface area contributed by atoms with Gasteiger partial charge >= 0.3 is 5.92 Å². The third kappa shape index (κ3) is 4.34. The van der Waals surface area contributed by atoms with E-state index in [0.717, 1.165) is 0 Å². The third-order valence-corrected chi connectivity index (χ3v) is 3.97. The van der Waals surface area contributed by atoms with Crippen LogP contribution in [0.25, 0.3) is 0 Å². The molecule has 0 saturated carbocycles. The number of allylic oxidation sites excluding steroid dienone is 3. The van der Waals surface area contributed by atoms with Crippen molar-refractivity contribution in [1.29, 1.82) is 0 Å². The number of ketones is 1. The lowest BCUT2D eigenvalue weighted by Gasteiger charge is -2.24. The summed E-state index contributed by atoms with van der Waals surface area (Å²) in [4.78, 5) is 23.5. The van der Waals surface area contributed by atoms with E-state index in [0.29, 0.717) is 17.7 Å². The number of carbonyl (C=O) groups excluding carboxylic acids is 2. The molecule has 1 unspecified atom stereocenters. The normalized spacial score (nSPS) is 18.3. The molecule has 3 nitrogen and oxygen atoms in total. The van der Waals surface area contributed by atoms with Crippen molar-refractivity contribution in [3.05, 3.63) is 54.1 Å². The second-order valence-corrected chi connectivity index (χ2v) is 5.81. The standard InChI is InChI=1S/C18H19F2NO2/c1-12-8-9-14(10-16(12)22)13(2)11-18(19,20)17(23)21-15-6-4-3-5-7-15/h3-8,14H,2,9-11H2,1H3,(H,21,23). The van der Waals surface area contributed by atoms with Gasteiger partial charge in [0.25, 0.3) is 5.91 Å². The van der Waals surface area contributed by atoms with E-state index in [9.17, 15) is 18.4 Å². The van der Waals surface area contributed by atoms with E-state index in [-0.39, 0.29) is 23.7 Å². The molecule has 2 rings (SSSR count). The Hall–Kier alpha value is -2.30. The van der Waals surface area contributed by atoms with Crippen molar-refractivity contribution in [3.8, 4) is 0 Å². The van der Waals surface area contributed by atoms with E-state index in [1.165, 1.54) is 12.1 Å². The largest absolute Gasteiger partial charge is 0.328 e. The fourth-order valence-electron chi connectivity index (χ4n) is 2.47. The Labute approximate surface area is 134 Å². The number of alkyl halides is 2. The summed E-state index contributed by atoms with van der Waals surface area (Å²) in [6.45, 7) is 5.38. The van der Waals surface area contributed by atoms with Crippen molar-refractivity contribution >= 4 is 17.4 Å². The number of rotatable bonds is 5. The Morgan fingerprint density at radius 3 is 2.61 bits per heavy atom. The number of halogens is 2. The highest BCUT2D eigenvalue weighted by Crippen LogP contribution is 2.33. The first-order valence-electron chi connectivity index (χ1n) is 7.41. The van der Waals surface area contributed by atoms with E-state index < -0.39 is 18.3 Å².